The first-order valence-electron chi connectivity index (χ1n) is 20.9. The number of ether oxygens (including phenoxy) is 3. The second-order valence-corrected chi connectivity index (χ2v) is 15.2. The lowest BCUT2D eigenvalue weighted by atomic mass is 10.1. The van der Waals surface area contributed by atoms with Gasteiger partial charge >= 0.3 is 11.9 Å². The number of unbranched alkanes of at least 4 members (excludes halogenated alkanes) is 19. The molecule has 0 aliphatic rings. The molecule has 0 fully saturated rings. The van der Waals surface area contributed by atoms with Crippen LogP contribution in [0, 0.1) is 0 Å². The number of rotatable bonds is 37. The van der Waals surface area contributed by atoms with Crippen molar-refractivity contribution in [3.8, 4) is 0 Å². The van der Waals surface area contributed by atoms with Crippen LogP contribution in [0.3, 0.4) is 0 Å². The van der Waals surface area contributed by atoms with Gasteiger partial charge in [-0.05, 0) is 51.4 Å². The van der Waals surface area contributed by atoms with Gasteiger partial charge in [0.1, 0.15) is 12.6 Å². The average Bonchev–Trinajstić information content (AvgIpc) is 3.08. The zero-order chi connectivity index (χ0) is 37.8. The van der Waals surface area contributed by atoms with Crippen LogP contribution >= 0.6 is 0 Å². The van der Waals surface area contributed by atoms with Gasteiger partial charge < -0.3 is 28.6 Å². The average molecular weight is 722 g/mol. The largest absolute Gasteiger partial charge is 0.544 e. The third-order valence-corrected chi connectivity index (χ3v) is 9.32. The predicted molar refractivity (Wildman–Crippen MR) is 208 cm³/mol. The van der Waals surface area contributed by atoms with Gasteiger partial charge in [0.25, 0.3) is 0 Å². The van der Waals surface area contributed by atoms with E-state index in [0.29, 0.717) is 12.8 Å². The lowest BCUT2D eigenvalue weighted by molar-refractivity contribution is -0.889. The van der Waals surface area contributed by atoms with Gasteiger partial charge in [-0.2, -0.15) is 0 Å². The van der Waals surface area contributed by atoms with Crippen molar-refractivity contribution in [2.45, 2.75) is 193 Å². The van der Waals surface area contributed by atoms with Gasteiger partial charge in [0.15, 0.2) is 6.10 Å². The molecule has 0 spiro atoms. The summed E-state index contributed by atoms with van der Waals surface area (Å²) in [5.74, 6) is -1.81. The Kier molecular flexibility index (Phi) is 33.4. The number of nitrogens with zero attached hydrogens (tertiary/aromatic N) is 1. The van der Waals surface area contributed by atoms with Gasteiger partial charge in [0.2, 0.25) is 0 Å². The number of carbonyl (C=O) groups excluding carboxylic acids is 3. The van der Waals surface area contributed by atoms with Crippen LogP contribution in [0.15, 0.2) is 24.3 Å². The zero-order valence-electron chi connectivity index (χ0n) is 33.8. The highest BCUT2D eigenvalue weighted by Gasteiger charge is 2.25. The summed E-state index contributed by atoms with van der Waals surface area (Å²) in [6.45, 7) is 4.55. The third kappa shape index (κ3) is 33.4. The highest BCUT2D eigenvalue weighted by Crippen LogP contribution is 2.14. The molecule has 0 radical (unpaired) electrons. The molecule has 298 valence electrons. The summed E-state index contributed by atoms with van der Waals surface area (Å²) in [6.07, 6.45) is 36.7. The van der Waals surface area contributed by atoms with Crippen LogP contribution in [-0.4, -0.2) is 75.5 Å². The molecule has 0 aliphatic carbocycles. The van der Waals surface area contributed by atoms with Crippen molar-refractivity contribution in [3.63, 3.8) is 0 Å². The first-order valence-corrected chi connectivity index (χ1v) is 20.9. The Bertz CT molecular complexity index is 895. The molecular weight excluding hydrogens is 642 g/mol. The Hall–Kier alpha value is -2.19. The topological polar surface area (TPSA) is 102 Å². The number of quaternary nitrogens is 1. The van der Waals surface area contributed by atoms with Crippen LogP contribution in [0.4, 0.5) is 0 Å². The summed E-state index contributed by atoms with van der Waals surface area (Å²) in [7, 11) is 5.38. The Morgan fingerprint density at radius 3 is 1.53 bits per heavy atom. The molecule has 2 atom stereocenters. The Morgan fingerprint density at radius 2 is 1.02 bits per heavy atom. The lowest BCUT2D eigenvalue weighted by Crippen LogP contribution is -2.55. The molecule has 51 heavy (non-hydrogen) atoms. The number of carbonyl (C=O) groups is 3. The minimum atomic E-state index is -1.13. The molecule has 0 saturated carbocycles. The Morgan fingerprint density at radius 1 is 0.569 bits per heavy atom. The monoisotopic (exact) mass is 722 g/mol. The van der Waals surface area contributed by atoms with Crippen LogP contribution in [0.25, 0.3) is 0 Å². The maximum atomic E-state index is 12.5. The highest BCUT2D eigenvalue weighted by molar-refractivity contribution is 5.70. The van der Waals surface area contributed by atoms with E-state index in [1.807, 2.05) is 6.08 Å². The lowest BCUT2D eigenvalue weighted by Gasteiger charge is -2.34. The summed E-state index contributed by atoms with van der Waals surface area (Å²) >= 11 is 0. The Balaban J connectivity index is 4.20. The molecule has 0 aromatic carbocycles. The zero-order valence-corrected chi connectivity index (χ0v) is 33.8. The number of esters is 2. The normalized spacial score (nSPS) is 13.2. The molecule has 0 aromatic heterocycles. The van der Waals surface area contributed by atoms with Gasteiger partial charge in [-0.25, -0.2) is 0 Å². The standard InChI is InChI=1S/C43H79NO7/c1-6-8-10-12-14-15-16-17-18-19-20-21-22-23-24-25-26-28-29-31-33-41(45)50-38-39(37-49-36-35-40(43(47)48)44(3,4)5)51-42(46)34-32-30-27-13-11-9-7-2/h20-21,27,30,39-40H,6-19,22-26,28-29,31-38H2,1-5H3/b21-20+,30-27+. The molecule has 0 amide bonds. The number of carboxylic acids is 1. The fourth-order valence-electron chi connectivity index (χ4n) is 6.02. The second kappa shape index (κ2) is 34.9. The van der Waals surface area contributed by atoms with Crippen LogP contribution in [0.1, 0.15) is 181 Å². The van der Waals surface area contributed by atoms with E-state index in [9.17, 15) is 19.5 Å². The number of hydrogen-bond acceptors (Lipinski definition) is 7. The first-order chi connectivity index (χ1) is 24.6. The maximum absolute atomic E-state index is 12.5. The second-order valence-electron chi connectivity index (χ2n) is 15.2. The minimum absolute atomic E-state index is 0.0257. The van der Waals surface area contributed by atoms with E-state index in [-0.39, 0.29) is 49.1 Å². The van der Waals surface area contributed by atoms with Crippen molar-refractivity contribution >= 4 is 17.9 Å². The van der Waals surface area contributed by atoms with Gasteiger partial charge in [-0.3, -0.25) is 9.59 Å². The van der Waals surface area contributed by atoms with E-state index in [4.69, 9.17) is 14.2 Å². The summed E-state index contributed by atoms with van der Waals surface area (Å²) in [6, 6.07) is -0.728. The van der Waals surface area contributed by atoms with Crippen LogP contribution in [0.5, 0.6) is 0 Å². The smallest absolute Gasteiger partial charge is 0.306 e. The molecule has 0 bridgehead atoms. The summed E-state index contributed by atoms with van der Waals surface area (Å²) in [4.78, 5) is 36.5. The SMILES string of the molecule is CCCCC/C=C/CCC(=O)OC(COCCC(C(=O)[O-])[N+](C)(C)C)COC(=O)CCCCCCCCC/C=C/CCCCCCCCCCC. The first kappa shape index (κ1) is 48.8. The van der Waals surface area contributed by atoms with Crippen molar-refractivity contribution in [2.75, 3.05) is 41.0 Å². The van der Waals surface area contributed by atoms with Crippen molar-refractivity contribution in [1.82, 2.24) is 0 Å². The van der Waals surface area contributed by atoms with E-state index >= 15 is 0 Å². The predicted octanol–water partition coefficient (Wildman–Crippen LogP) is 9.58. The summed E-state index contributed by atoms with van der Waals surface area (Å²) in [5.41, 5.74) is 0. The maximum Gasteiger partial charge on any atom is 0.306 e. The third-order valence-electron chi connectivity index (χ3n) is 9.32. The van der Waals surface area contributed by atoms with Gasteiger partial charge in [0.05, 0.1) is 40.3 Å². The molecule has 0 heterocycles. The fraction of sp³-hybridized carbons (Fsp3) is 0.837. The fourth-order valence-corrected chi connectivity index (χ4v) is 6.02. The van der Waals surface area contributed by atoms with Crippen molar-refractivity contribution in [3.05, 3.63) is 24.3 Å². The minimum Gasteiger partial charge on any atom is -0.544 e. The molecule has 0 saturated heterocycles. The van der Waals surface area contributed by atoms with Gasteiger partial charge in [0, 0.05) is 19.3 Å². The quantitative estimate of drug-likeness (QED) is 0.0273. The van der Waals surface area contributed by atoms with Crippen LogP contribution in [0.2, 0.25) is 0 Å². The molecule has 0 aromatic rings. The number of allylic oxidation sites excluding steroid dienone is 4. The van der Waals surface area contributed by atoms with Crippen molar-refractivity contribution < 1.29 is 38.2 Å². The molecule has 0 aliphatic heterocycles. The van der Waals surface area contributed by atoms with E-state index in [2.05, 4.69) is 32.1 Å². The molecule has 0 N–H and O–H groups in total. The van der Waals surface area contributed by atoms with E-state index in [0.717, 1.165) is 32.1 Å². The van der Waals surface area contributed by atoms with Crippen LogP contribution < -0.4 is 5.11 Å². The Labute approximate surface area is 313 Å². The number of hydrogen-bond donors (Lipinski definition) is 0. The summed E-state index contributed by atoms with van der Waals surface area (Å²) in [5, 5.41) is 11.6. The molecule has 0 rings (SSSR count). The molecule has 8 nitrogen and oxygen atoms in total. The van der Waals surface area contributed by atoms with E-state index < -0.39 is 18.1 Å². The highest BCUT2D eigenvalue weighted by atomic mass is 16.6. The van der Waals surface area contributed by atoms with Gasteiger partial charge in [-0.1, -0.05) is 134 Å². The van der Waals surface area contributed by atoms with E-state index in [1.54, 1.807) is 21.1 Å². The number of carboxylic acid groups (broad SMARTS) is 1. The van der Waals surface area contributed by atoms with E-state index in [1.165, 1.54) is 109 Å². The van der Waals surface area contributed by atoms with Gasteiger partial charge in [-0.15, -0.1) is 0 Å². The molecule has 8 heteroatoms. The number of likely N-dealkylation sites (N-methyl/N-ethyl adjacent to an activating group) is 1. The molecule has 2 unspecified atom stereocenters. The van der Waals surface area contributed by atoms with Crippen molar-refractivity contribution in [2.24, 2.45) is 0 Å². The summed E-state index contributed by atoms with van der Waals surface area (Å²) < 4.78 is 17.0. The van der Waals surface area contributed by atoms with Crippen LogP contribution in [-0.2, 0) is 28.6 Å². The number of aliphatic carboxylic acids is 1. The molecular formula is C43H79NO7. The van der Waals surface area contributed by atoms with Crippen molar-refractivity contribution in [1.29, 1.82) is 0 Å².